The van der Waals surface area contributed by atoms with Crippen molar-refractivity contribution in [2.24, 2.45) is 0 Å². The monoisotopic (exact) mass is 148 g/mol. The molecule has 0 aromatic heterocycles. The van der Waals surface area contributed by atoms with Crippen LogP contribution in [0, 0.1) is 0 Å². The summed E-state index contributed by atoms with van der Waals surface area (Å²) >= 11 is 0. The van der Waals surface area contributed by atoms with Crippen molar-refractivity contribution in [2.45, 2.75) is 31.4 Å². The molecule has 0 radical (unpaired) electrons. The van der Waals surface area contributed by atoms with Crippen LogP contribution in [0.5, 0.6) is 0 Å². The van der Waals surface area contributed by atoms with Crippen LogP contribution in [0.2, 0.25) is 25.7 Å². The predicted octanol–water partition coefficient (Wildman–Crippen LogP) is 0.00840. The van der Waals surface area contributed by atoms with Crippen LogP contribution in [0.4, 0.5) is 0 Å². The molecular formula is C5H16OSi2. The maximum Gasteiger partial charge on any atom is 0.0465 e. The summed E-state index contributed by atoms with van der Waals surface area (Å²) < 4.78 is 0. The maximum absolute atomic E-state index is 8.98. The Morgan fingerprint density at radius 3 is 1.88 bits per heavy atom. The van der Waals surface area contributed by atoms with Crippen LogP contribution in [0.3, 0.4) is 0 Å². The minimum atomic E-state index is -0.936. The zero-order valence-corrected chi connectivity index (χ0v) is 9.23. The Balaban J connectivity index is 3.39. The molecule has 0 fully saturated rings. The SMILES string of the molecule is C[Si](C)(C)CC(O)[SiH3]. The highest BCUT2D eigenvalue weighted by atomic mass is 28.3. The van der Waals surface area contributed by atoms with Gasteiger partial charge in [0.05, 0.1) is 0 Å². The first kappa shape index (κ1) is 8.39. The fourth-order valence-electron chi connectivity index (χ4n) is 0.886. The van der Waals surface area contributed by atoms with Crippen LogP contribution in [0.25, 0.3) is 0 Å². The molecule has 0 spiro atoms. The summed E-state index contributed by atoms with van der Waals surface area (Å²) in [6, 6.07) is 1.08. The van der Waals surface area contributed by atoms with Crippen molar-refractivity contribution in [3.8, 4) is 0 Å². The molecule has 0 saturated heterocycles. The molecule has 1 nitrogen and oxygen atoms in total. The second-order valence-corrected chi connectivity index (χ2v) is 10.5. The first-order valence-electron chi connectivity index (χ1n) is 3.10. The van der Waals surface area contributed by atoms with Gasteiger partial charge < -0.3 is 5.11 Å². The summed E-state index contributed by atoms with van der Waals surface area (Å²) in [6.45, 7) is 6.86. The third kappa shape index (κ3) is 6.39. The summed E-state index contributed by atoms with van der Waals surface area (Å²) in [5.74, 6) is 0. The molecule has 0 bridgehead atoms. The Labute approximate surface area is 55.5 Å². The first-order chi connectivity index (χ1) is 3.42. The Morgan fingerprint density at radius 2 is 1.88 bits per heavy atom. The van der Waals surface area contributed by atoms with Crippen molar-refractivity contribution < 1.29 is 5.11 Å². The van der Waals surface area contributed by atoms with E-state index in [1.54, 1.807) is 0 Å². The van der Waals surface area contributed by atoms with E-state index in [1.165, 1.54) is 0 Å². The zero-order chi connectivity index (χ0) is 6.78. The lowest BCUT2D eigenvalue weighted by Crippen LogP contribution is -2.26. The molecule has 0 aromatic rings. The molecule has 0 amide bonds. The van der Waals surface area contributed by atoms with E-state index in [9.17, 15) is 0 Å². The zero-order valence-electron chi connectivity index (χ0n) is 6.23. The number of hydrogen-bond acceptors (Lipinski definition) is 1. The lowest BCUT2D eigenvalue weighted by molar-refractivity contribution is 0.274. The van der Waals surface area contributed by atoms with E-state index in [-0.39, 0.29) is 5.73 Å². The minimum Gasteiger partial charge on any atom is -0.398 e. The Bertz CT molecular complexity index is 65.3. The quantitative estimate of drug-likeness (QED) is 0.547. The van der Waals surface area contributed by atoms with Crippen molar-refractivity contribution in [3.63, 3.8) is 0 Å². The van der Waals surface area contributed by atoms with Gasteiger partial charge in [-0.25, -0.2) is 0 Å². The molecule has 0 rings (SSSR count). The Morgan fingerprint density at radius 1 is 1.50 bits per heavy atom. The van der Waals surface area contributed by atoms with E-state index in [0.29, 0.717) is 0 Å². The normalized spacial score (nSPS) is 16.5. The van der Waals surface area contributed by atoms with Crippen LogP contribution in [0.15, 0.2) is 0 Å². The molecule has 0 aliphatic carbocycles. The van der Waals surface area contributed by atoms with Gasteiger partial charge in [-0.15, -0.1) is 0 Å². The molecule has 3 heteroatoms. The van der Waals surface area contributed by atoms with Gasteiger partial charge in [-0.3, -0.25) is 0 Å². The van der Waals surface area contributed by atoms with Gasteiger partial charge >= 0.3 is 0 Å². The molecule has 8 heavy (non-hydrogen) atoms. The molecular weight excluding hydrogens is 132 g/mol. The fourth-order valence-corrected chi connectivity index (χ4v) is 6.33. The van der Waals surface area contributed by atoms with Crippen LogP contribution in [0.1, 0.15) is 0 Å². The van der Waals surface area contributed by atoms with Gasteiger partial charge in [0.1, 0.15) is 0 Å². The summed E-state index contributed by atoms with van der Waals surface area (Å²) in [4.78, 5) is 0. The van der Waals surface area contributed by atoms with Gasteiger partial charge in [-0.2, -0.15) is 0 Å². The van der Waals surface area contributed by atoms with Crippen molar-refractivity contribution in [3.05, 3.63) is 0 Å². The summed E-state index contributed by atoms with van der Waals surface area (Å²) in [6.07, 6.45) is 0. The van der Waals surface area contributed by atoms with Crippen LogP contribution < -0.4 is 0 Å². The third-order valence-electron chi connectivity index (χ3n) is 0.908. The number of aliphatic hydroxyl groups is 1. The summed E-state index contributed by atoms with van der Waals surface area (Å²) in [5.41, 5.74) is 0.0432. The second kappa shape index (κ2) is 2.80. The summed E-state index contributed by atoms with van der Waals surface area (Å²) in [5, 5.41) is 8.98. The van der Waals surface area contributed by atoms with E-state index < -0.39 is 8.07 Å². The lowest BCUT2D eigenvalue weighted by Gasteiger charge is -2.16. The average Bonchev–Trinajstić information content (AvgIpc) is 1.21. The van der Waals surface area contributed by atoms with Crippen molar-refractivity contribution in [1.82, 2.24) is 0 Å². The number of rotatable bonds is 2. The number of hydrogen-bond donors (Lipinski definition) is 1. The van der Waals surface area contributed by atoms with Crippen LogP contribution in [-0.2, 0) is 0 Å². The smallest absolute Gasteiger partial charge is 0.0465 e. The molecule has 0 aliphatic heterocycles. The van der Waals surface area contributed by atoms with Gasteiger partial charge in [0.15, 0.2) is 0 Å². The van der Waals surface area contributed by atoms with E-state index in [0.717, 1.165) is 16.3 Å². The highest BCUT2D eigenvalue weighted by molar-refractivity contribution is 6.76. The van der Waals surface area contributed by atoms with Crippen molar-refractivity contribution in [2.75, 3.05) is 0 Å². The van der Waals surface area contributed by atoms with Gasteiger partial charge in [-0.05, 0) is 6.04 Å². The largest absolute Gasteiger partial charge is 0.398 e. The highest BCUT2D eigenvalue weighted by Gasteiger charge is 2.14. The van der Waals surface area contributed by atoms with Crippen molar-refractivity contribution in [1.29, 1.82) is 0 Å². The Hall–Kier alpha value is 0.394. The molecule has 0 heterocycles. The van der Waals surface area contributed by atoms with Gasteiger partial charge in [0, 0.05) is 24.0 Å². The predicted molar refractivity (Wildman–Crippen MR) is 44.1 cm³/mol. The topological polar surface area (TPSA) is 20.2 Å². The van der Waals surface area contributed by atoms with Crippen LogP contribution >= 0.6 is 0 Å². The molecule has 1 unspecified atom stereocenters. The second-order valence-electron chi connectivity index (χ2n) is 3.61. The third-order valence-corrected chi connectivity index (χ3v) is 3.95. The molecule has 1 atom stereocenters. The van der Waals surface area contributed by atoms with E-state index in [2.05, 4.69) is 19.6 Å². The van der Waals surface area contributed by atoms with Crippen molar-refractivity contribution >= 4 is 18.3 Å². The molecule has 0 aliphatic rings. The molecule has 50 valence electrons. The fraction of sp³-hybridized carbons (Fsp3) is 1.00. The Kier molecular flexibility index (Phi) is 2.94. The molecule has 0 saturated carbocycles. The standard InChI is InChI=1S/C5H16OSi2/c1-8(2,3)4-5(6)7/h5-6H,4H2,1-3,7H3. The highest BCUT2D eigenvalue weighted by Crippen LogP contribution is 2.08. The van der Waals surface area contributed by atoms with E-state index in [1.807, 2.05) is 0 Å². The van der Waals surface area contributed by atoms with Gasteiger partial charge in [0.2, 0.25) is 0 Å². The molecule has 0 aromatic carbocycles. The van der Waals surface area contributed by atoms with Crippen LogP contribution in [-0.4, -0.2) is 29.2 Å². The van der Waals surface area contributed by atoms with Gasteiger partial charge in [-0.1, -0.05) is 19.6 Å². The maximum atomic E-state index is 8.98. The number of aliphatic hydroxyl groups excluding tert-OH is 1. The van der Waals surface area contributed by atoms with E-state index >= 15 is 0 Å². The first-order valence-corrected chi connectivity index (χ1v) is 7.96. The lowest BCUT2D eigenvalue weighted by atomic mass is 10.8. The molecule has 1 N–H and O–H groups in total. The van der Waals surface area contributed by atoms with E-state index in [4.69, 9.17) is 5.11 Å². The summed E-state index contributed by atoms with van der Waals surface area (Å²) in [7, 11) is 0.00451. The minimum absolute atomic E-state index is 0.0432. The van der Waals surface area contributed by atoms with Gasteiger partial charge in [0.25, 0.3) is 0 Å². The average molecular weight is 148 g/mol.